The summed E-state index contributed by atoms with van der Waals surface area (Å²) < 4.78 is 12.7. The average molecular weight is 414 g/mol. The maximum absolute atomic E-state index is 11.8. The van der Waals surface area contributed by atoms with Crippen molar-refractivity contribution in [1.82, 2.24) is 19.9 Å². The molecule has 0 unspecified atom stereocenters. The molecule has 1 aromatic carbocycles. The van der Waals surface area contributed by atoms with Gasteiger partial charge < -0.3 is 25.1 Å². The number of amides is 1. The first-order valence-electron chi connectivity index (χ1n) is 10.3. The number of benzene rings is 1. The van der Waals surface area contributed by atoms with Crippen LogP contribution in [0.1, 0.15) is 39.4 Å². The Balaban J connectivity index is 1.77. The number of nitrogen functional groups attached to an aromatic ring is 1. The SMILES string of the molecule is COCCc1nc2c(N)nc3ccccc3c2n1CCCCNC(=O)OC(C)(C)C. The van der Waals surface area contributed by atoms with E-state index in [0.717, 1.165) is 47.1 Å². The minimum atomic E-state index is -0.495. The molecule has 2 heterocycles. The molecule has 162 valence electrons. The van der Waals surface area contributed by atoms with Crippen LogP contribution in [0.2, 0.25) is 0 Å². The Hall–Kier alpha value is -2.87. The fraction of sp³-hybridized carbons (Fsp3) is 0.500. The first kappa shape index (κ1) is 21.8. The highest BCUT2D eigenvalue weighted by Crippen LogP contribution is 2.29. The molecule has 0 saturated heterocycles. The highest BCUT2D eigenvalue weighted by molar-refractivity contribution is 6.06. The first-order valence-corrected chi connectivity index (χ1v) is 10.3. The number of nitrogens with one attached hydrogen (secondary N) is 1. The van der Waals surface area contributed by atoms with Crippen LogP contribution in [-0.2, 0) is 22.4 Å². The van der Waals surface area contributed by atoms with E-state index in [9.17, 15) is 4.79 Å². The lowest BCUT2D eigenvalue weighted by Crippen LogP contribution is -2.33. The molecule has 0 atom stereocenters. The van der Waals surface area contributed by atoms with E-state index in [1.54, 1.807) is 7.11 Å². The number of fused-ring (bicyclic) bond motifs is 3. The normalized spacial score (nSPS) is 11.9. The number of aromatic nitrogens is 3. The molecule has 1 amide bonds. The van der Waals surface area contributed by atoms with Gasteiger partial charge in [0.1, 0.15) is 16.9 Å². The molecule has 0 bridgehead atoms. The van der Waals surface area contributed by atoms with Crippen LogP contribution in [0.3, 0.4) is 0 Å². The van der Waals surface area contributed by atoms with Crippen LogP contribution in [0.4, 0.5) is 10.6 Å². The van der Waals surface area contributed by atoms with E-state index in [0.29, 0.717) is 25.4 Å². The van der Waals surface area contributed by atoms with E-state index in [1.165, 1.54) is 0 Å². The molecule has 0 aliphatic rings. The number of nitrogens with two attached hydrogens (primary N) is 1. The number of imidazole rings is 1. The van der Waals surface area contributed by atoms with Crippen molar-refractivity contribution < 1.29 is 14.3 Å². The van der Waals surface area contributed by atoms with Gasteiger partial charge in [0.25, 0.3) is 0 Å². The summed E-state index contributed by atoms with van der Waals surface area (Å²) in [6, 6.07) is 7.96. The van der Waals surface area contributed by atoms with Crippen molar-refractivity contribution in [2.75, 3.05) is 26.0 Å². The second-order valence-electron chi connectivity index (χ2n) is 8.27. The van der Waals surface area contributed by atoms with Crippen LogP contribution in [0, 0.1) is 0 Å². The molecule has 8 nitrogen and oxygen atoms in total. The van der Waals surface area contributed by atoms with Crippen molar-refractivity contribution in [3.05, 3.63) is 30.1 Å². The fourth-order valence-electron chi connectivity index (χ4n) is 3.43. The summed E-state index contributed by atoms with van der Waals surface area (Å²) in [5.74, 6) is 1.37. The second-order valence-corrected chi connectivity index (χ2v) is 8.27. The van der Waals surface area contributed by atoms with Gasteiger partial charge in [0.05, 0.1) is 17.6 Å². The van der Waals surface area contributed by atoms with Gasteiger partial charge in [-0.15, -0.1) is 0 Å². The van der Waals surface area contributed by atoms with Gasteiger partial charge in [-0.3, -0.25) is 0 Å². The molecule has 0 aliphatic heterocycles. The molecule has 3 N–H and O–H groups in total. The monoisotopic (exact) mass is 413 g/mol. The molecule has 30 heavy (non-hydrogen) atoms. The lowest BCUT2D eigenvalue weighted by Gasteiger charge is -2.19. The van der Waals surface area contributed by atoms with Crippen molar-refractivity contribution in [2.45, 2.75) is 52.2 Å². The van der Waals surface area contributed by atoms with Crippen molar-refractivity contribution in [1.29, 1.82) is 0 Å². The number of pyridine rings is 1. The molecule has 0 saturated carbocycles. The van der Waals surface area contributed by atoms with Crippen molar-refractivity contribution in [3.8, 4) is 0 Å². The third kappa shape index (κ3) is 5.18. The topological polar surface area (TPSA) is 104 Å². The number of methoxy groups -OCH3 is 1. The Kier molecular flexibility index (Phi) is 6.77. The smallest absolute Gasteiger partial charge is 0.407 e. The predicted octanol–water partition coefficient (Wildman–Crippen LogP) is 3.66. The lowest BCUT2D eigenvalue weighted by atomic mass is 10.2. The van der Waals surface area contributed by atoms with Crippen LogP contribution in [-0.4, -0.2) is 46.5 Å². The Bertz CT molecular complexity index is 1020. The zero-order chi connectivity index (χ0) is 21.7. The zero-order valence-electron chi connectivity index (χ0n) is 18.2. The van der Waals surface area contributed by atoms with Crippen LogP contribution in [0.15, 0.2) is 24.3 Å². The third-order valence-electron chi connectivity index (χ3n) is 4.70. The summed E-state index contributed by atoms with van der Waals surface area (Å²) in [4.78, 5) is 21.1. The van der Waals surface area contributed by atoms with Crippen molar-refractivity contribution in [2.24, 2.45) is 0 Å². The summed E-state index contributed by atoms with van der Waals surface area (Å²) >= 11 is 0. The zero-order valence-corrected chi connectivity index (χ0v) is 18.2. The quantitative estimate of drug-likeness (QED) is 0.546. The van der Waals surface area contributed by atoms with Crippen LogP contribution >= 0.6 is 0 Å². The number of carbonyl (C=O) groups is 1. The lowest BCUT2D eigenvalue weighted by molar-refractivity contribution is 0.0527. The Morgan fingerprint density at radius 3 is 2.70 bits per heavy atom. The molecular formula is C22H31N5O3. The number of hydrogen-bond donors (Lipinski definition) is 2. The number of ether oxygens (including phenoxy) is 2. The van der Waals surface area contributed by atoms with E-state index >= 15 is 0 Å². The Labute approximate surface area is 176 Å². The second kappa shape index (κ2) is 9.30. The number of para-hydroxylation sites is 1. The van der Waals surface area contributed by atoms with E-state index in [2.05, 4.69) is 14.9 Å². The fourth-order valence-corrected chi connectivity index (χ4v) is 3.43. The third-order valence-corrected chi connectivity index (χ3v) is 4.70. The van der Waals surface area contributed by atoms with Crippen LogP contribution < -0.4 is 11.1 Å². The average Bonchev–Trinajstić information content (AvgIpc) is 3.04. The Morgan fingerprint density at radius 2 is 1.97 bits per heavy atom. The van der Waals surface area contributed by atoms with Gasteiger partial charge in [-0.1, -0.05) is 18.2 Å². The van der Waals surface area contributed by atoms with Gasteiger partial charge in [0, 0.05) is 32.0 Å². The number of rotatable bonds is 8. The number of alkyl carbamates (subject to hydrolysis) is 1. The van der Waals surface area contributed by atoms with Gasteiger partial charge in [0.15, 0.2) is 5.82 Å². The van der Waals surface area contributed by atoms with Gasteiger partial charge in [0.2, 0.25) is 0 Å². The number of hydrogen-bond acceptors (Lipinski definition) is 6. The van der Waals surface area contributed by atoms with Crippen molar-refractivity contribution in [3.63, 3.8) is 0 Å². The van der Waals surface area contributed by atoms with Gasteiger partial charge in [-0.05, 0) is 39.7 Å². The number of aryl methyl sites for hydroxylation is 1. The number of anilines is 1. The first-order chi connectivity index (χ1) is 14.3. The number of carbonyl (C=O) groups excluding carboxylic acids is 1. The molecule has 3 aromatic rings. The van der Waals surface area contributed by atoms with E-state index in [4.69, 9.17) is 20.2 Å². The molecule has 2 aromatic heterocycles. The van der Waals surface area contributed by atoms with Crippen LogP contribution in [0.25, 0.3) is 21.9 Å². The highest BCUT2D eigenvalue weighted by atomic mass is 16.6. The summed E-state index contributed by atoms with van der Waals surface area (Å²) in [5, 5.41) is 3.84. The maximum Gasteiger partial charge on any atom is 0.407 e. The molecular weight excluding hydrogens is 382 g/mol. The molecule has 8 heteroatoms. The summed E-state index contributed by atoms with van der Waals surface area (Å²) in [5.41, 5.74) is 8.31. The minimum absolute atomic E-state index is 0.388. The van der Waals surface area contributed by atoms with Crippen molar-refractivity contribution >= 4 is 33.8 Å². The maximum atomic E-state index is 11.8. The van der Waals surface area contributed by atoms with E-state index in [-0.39, 0.29) is 6.09 Å². The van der Waals surface area contributed by atoms with E-state index in [1.807, 2.05) is 45.0 Å². The molecule has 0 spiro atoms. The van der Waals surface area contributed by atoms with E-state index < -0.39 is 5.60 Å². The largest absolute Gasteiger partial charge is 0.444 e. The molecule has 3 rings (SSSR count). The standard InChI is InChI=1S/C22H31N5O3/c1-22(2,3)30-21(28)24-12-7-8-13-27-17(11-14-29-4)26-18-19(27)15-9-5-6-10-16(15)25-20(18)23/h5-6,9-10H,7-8,11-14H2,1-4H3,(H2,23,25)(H,24,28). The summed E-state index contributed by atoms with van der Waals surface area (Å²) in [7, 11) is 1.68. The van der Waals surface area contributed by atoms with Crippen LogP contribution in [0.5, 0.6) is 0 Å². The molecule has 0 radical (unpaired) electrons. The predicted molar refractivity (Wildman–Crippen MR) is 118 cm³/mol. The summed E-state index contributed by atoms with van der Waals surface area (Å²) in [6.07, 6.45) is 2.00. The molecule has 0 aliphatic carbocycles. The minimum Gasteiger partial charge on any atom is -0.444 e. The Morgan fingerprint density at radius 1 is 1.20 bits per heavy atom. The number of nitrogens with zero attached hydrogens (tertiary/aromatic N) is 3. The van der Waals surface area contributed by atoms with Gasteiger partial charge in [-0.2, -0.15) is 0 Å². The van der Waals surface area contributed by atoms with Gasteiger partial charge in [-0.25, -0.2) is 14.8 Å². The summed E-state index contributed by atoms with van der Waals surface area (Å²) in [6.45, 7) is 7.45. The number of unbranched alkanes of at least 4 members (excludes halogenated alkanes) is 1. The molecule has 0 fully saturated rings. The van der Waals surface area contributed by atoms with Gasteiger partial charge >= 0.3 is 6.09 Å². The highest BCUT2D eigenvalue weighted by Gasteiger charge is 2.18.